The highest BCUT2D eigenvalue weighted by Crippen LogP contribution is 2.27. The Morgan fingerprint density at radius 1 is 0.944 bits per heavy atom. The van der Waals surface area contributed by atoms with Crippen LogP contribution in [-0.2, 0) is 0 Å². The first-order valence-electron chi connectivity index (χ1n) is 5.91. The summed E-state index contributed by atoms with van der Waals surface area (Å²) in [4.78, 5) is 0. The van der Waals surface area contributed by atoms with Crippen LogP contribution >= 0.6 is 0 Å². The fourth-order valence-electron chi connectivity index (χ4n) is 2.10. The third-order valence-electron chi connectivity index (χ3n) is 3.01. The van der Waals surface area contributed by atoms with Crippen LogP contribution < -0.4 is 5.73 Å². The average molecular weight is 245 g/mol. The van der Waals surface area contributed by atoms with Gasteiger partial charge in [0.15, 0.2) is 0 Å². The van der Waals surface area contributed by atoms with E-state index >= 15 is 0 Å². The van der Waals surface area contributed by atoms with Gasteiger partial charge in [0.05, 0.1) is 6.10 Å². The van der Waals surface area contributed by atoms with Crippen molar-refractivity contribution in [2.45, 2.75) is 12.0 Å². The number of benzene rings is 2. The number of nitrogens with two attached hydrogens (primary N) is 1. The molecule has 0 spiro atoms. The molecule has 18 heavy (non-hydrogen) atoms. The molecule has 2 aromatic carbocycles. The molecule has 0 saturated carbocycles. The summed E-state index contributed by atoms with van der Waals surface area (Å²) in [5, 5.41) is 10.1. The van der Waals surface area contributed by atoms with Gasteiger partial charge in [-0.25, -0.2) is 4.39 Å². The van der Waals surface area contributed by atoms with Crippen molar-refractivity contribution in [2.24, 2.45) is 5.73 Å². The third kappa shape index (κ3) is 2.75. The van der Waals surface area contributed by atoms with E-state index in [4.69, 9.17) is 5.73 Å². The van der Waals surface area contributed by atoms with Crippen LogP contribution in [0.4, 0.5) is 4.39 Å². The molecule has 3 N–H and O–H groups in total. The molecule has 2 nitrogen and oxygen atoms in total. The van der Waals surface area contributed by atoms with Crippen molar-refractivity contribution in [3.05, 3.63) is 71.5 Å². The minimum Gasteiger partial charge on any atom is -0.391 e. The van der Waals surface area contributed by atoms with Gasteiger partial charge in [0.2, 0.25) is 0 Å². The van der Waals surface area contributed by atoms with Crippen molar-refractivity contribution in [1.29, 1.82) is 0 Å². The van der Waals surface area contributed by atoms with Gasteiger partial charge in [-0.05, 0) is 23.3 Å². The van der Waals surface area contributed by atoms with Crippen LogP contribution in [0.5, 0.6) is 0 Å². The highest BCUT2D eigenvalue weighted by Gasteiger charge is 2.21. The molecule has 2 rings (SSSR count). The van der Waals surface area contributed by atoms with Gasteiger partial charge >= 0.3 is 0 Å². The largest absolute Gasteiger partial charge is 0.391 e. The lowest BCUT2D eigenvalue weighted by Gasteiger charge is -2.22. The Morgan fingerprint density at radius 2 is 1.50 bits per heavy atom. The monoisotopic (exact) mass is 245 g/mol. The minimum absolute atomic E-state index is 0.164. The number of halogens is 1. The lowest BCUT2D eigenvalue weighted by atomic mass is 9.86. The Morgan fingerprint density at radius 3 is 2.06 bits per heavy atom. The Labute approximate surface area is 106 Å². The third-order valence-corrected chi connectivity index (χ3v) is 3.01. The first-order chi connectivity index (χ1) is 8.72. The van der Waals surface area contributed by atoms with Crippen LogP contribution in [0.2, 0.25) is 0 Å². The second-order valence-electron chi connectivity index (χ2n) is 4.24. The quantitative estimate of drug-likeness (QED) is 0.868. The van der Waals surface area contributed by atoms with Gasteiger partial charge < -0.3 is 10.8 Å². The first-order valence-corrected chi connectivity index (χ1v) is 5.91. The van der Waals surface area contributed by atoms with Gasteiger partial charge in [-0.15, -0.1) is 0 Å². The molecular formula is C15H16FNO. The van der Waals surface area contributed by atoms with E-state index in [2.05, 4.69) is 0 Å². The number of rotatable bonds is 4. The molecule has 0 amide bonds. The Bertz CT molecular complexity index is 484. The Kier molecular flexibility index (Phi) is 4.07. The summed E-state index contributed by atoms with van der Waals surface area (Å²) in [6.07, 6.45) is -0.683. The second-order valence-corrected chi connectivity index (χ2v) is 4.24. The zero-order valence-electron chi connectivity index (χ0n) is 9.96. The molecule has 2 aromatic rings. The maximum atomic E-state index is 12.9. The number of hydrogen-bond donors (Lipinski definition) is 2. The highest BCUT2D eigenvalue weighted by atomic mass is 19.1. The van der Waals surface area contributed by atoms with Crippen molar-refractivity contribution >= 4 is 0 Å². The van der Waals surface area contributed by atoms with Gasteiger partial charge in [0.1, 0.15) is 5.82 Å². The molecule has 0 bridgehead atoms. The molecule has 0 radical (unpaired) electrons. The molecule has 3 heteroatoms. The highest BCUT2D eigenvalue weighted by molar-refractivity contribution is 5.34. The lowest BCUT2D eigenvalue weighted by molar-refractivity contribution is 0.164. The SMILES string of the molecule is NCC(O)C(c1ccccc1)c1ccc(F)cc1. The molecule has 2 atom stereocenters. The predicted octanol–water partition coefficient (Wildman–Crippen LogP) is 2.28. The molecule has 0 saturated heterocycles. The van der Waals surface area contributed by atoms with E-state index in [1.807, 2.05) is 30.3 Å². The van der Waals surface area contributed by atoms with Crippen LogP contribution in [0.1, 0.15) is 17.0 Å². The van der Waals surface area contributed by atoms with E-state index in [1.54, 1.807) is 12.1 Å². The normalized spacial score (nSPS) is 14.2. The fourth-order valence-corrected chi connectivity index (χ4v) is 2.10. The Hall–Kier alpha value is -1.71. The van der Waals surface area contributed by atoms with E-state index < -0.39 is 6.10 Å². The van der Waals surface area contributed by atoms with Gasteiger partial charge in [-0.2, -0.15) is 0 Å². The predicted molar refractivity (Wildman–Crippen MR) is 69.7 cm³/mol. The molecule has 0 aliphatic rings. The van der Waals surface area contributed by atoms with Gasteiger partial charge in [0, 0.05) is 12.5 Å². The summed E-state index contributed by atoms with van der Waals surface area (Å²) in [6, 6.07) is 15.8. The zero-order chi connectivity index (χ0) is 13.0. The van der Waals surface area contributed by atoms with Crippen LogP contribution in [0.15, 0.2) is 54.6 Å². The maximum Gasteiger partial charge on any atom is 0.123 e. The zero-order valence-corrected chi connectivity index (χ0v) is 9.96. The van der Waals surface area contributed by atoms with E-state index in [0.717, 1.165) is 11.1 Å². The second kappa shape index (κ2) is 5.76. The molecule has 2 unspecified atom stereocenters. The molecule has 0 aromatic heterocycles. The van der Waals surface area contributed by atoms with Gasteiger partial charge in [0.25, 0.3) is 0 Å². The fraction of sp³-hybridized carbons (Fsp3) is 0.200. The van der Waals surface area contributed by atoms with Crippen LogP contribution in [0.3, 0.4) is 0 Å². The van der Waals surface area contributed by atoms with Crippen LogP contribution in [-0.4, -0.2) is 17.8 Å². The van der Waals surface area contributed by atoms with Crippen molar-refractivity contribution in [3.8, 4) is 0 Å². The molecule has 0 heterocycles. The summed E-state index contributed by atoms with van der Waals surface area (Å²) >= 11 is 0. The molecular weight excluding hydrogens is 229 g/mol. The Balaban J connectivity index is 2.40. The summed E-state index contributed by atoms with van der Waals surface area (Å²) < 4.78 is 12.9. The number of aliphatic hydroxyl groups excluding tert-OH is 1. The molecule has 0 fully saturated rings. The van der Waals surface area contributed by atoms with Crippen LogP contribution in [0.25, 0.3) is 0 Å². The maximum absolute atomic E-state index is 12.9. The van der Waals surface area contributed by atoms with Crippen molar-refractivity contribution in [3.63, 3.8) is 0 Å². The first kappa shape index (κ1) is 12.7. The van der Waals surface area contributed by atoms with Crippen molar-refractivity contribution in [1.82, 2.24) is 0 Å². The van der Waals surface area contributed by atoms with Gasteiger partial charge in [-0.3, -0.25) is 0 Å². The van der Waals surface area contributed by atoms with Gasteiger partial charge in [-0.1, -0.05) is 42.5 Å². The van der Waals surface area contributed by atoms with Crippen LogP contribution in [0, 0.1) is 5.82 Å². The van der Waals surface area contributed by atoms with E-state index in [-0.39, 0.29) is 18.3 Å². The minimum atomic E-state index is -0.683. The molecule has 94 valence electrons. The summed E-state index contributed by atoms with van der Waals surface area (Å²) in [5.74, 6) is -0.510. The van der Waals surface area contributed by atoms with E-state index in [9.17, 15) is 9.50 Å². The number of hydrogen-bond acceptors (Lipinski definition) is 2. The van der Waals surface area contributed by atoms with Crippen molar-refractivity contribution < 1.29 is 9.50 Å². The summed E-state index contributed by atoms with van der Waals surface area (Å²) in [6.45, 7) is 0.164. The smallest absolute Gasteiger partial charge is 0.123 e. The molecule has 0 aliphatic carbocycles. The summed E-state index contributed by atoms with van der Waals surface area (Å²) in [7, 11) is 0. The molecule has 0 aliphatic heterocycles. The van der Waals surface area contributed by atoms with Crippen molar-refractivity contribution in [2.75, 3.05) is 6.54 Å². The topological polar surface area (TPSA) is 46.2 Å². The lowest BCUT2D eigenvalue weighted by Crippen LogP contribution is -2.28. The van der Waals surface area contributed by atoms with E-state index in [0.29, 0.717) is 0 Å². The standard InChI is InChI=1S/C15H16FNO/c16-13-8-6-12(7-9-13)15(14(18)10-17)11-4-2-1-3-5-11/h1-9,14-15,18H,10,17H2. The average Bonchev–Trinajstić information content (AvgIpc) is 2.42. The number of aliphatic hydroxyl groups is 1. The van der Waals surface area contributed by atoms with E-state index in [1.165, 1.54) is 12.1 Å². The summed E-state index contributed by atoms with van der Waals surface area (Å²) in [5.41, 5.74) is 7.39.